The van der Waals surface area contributed by atoms with Crippen LogP contribution in [0.2, 0.25) is 0 Å². The van der Waals surface area contributed by atoms with Gasteiger partial charge in [-0.3, -0.25) is 0 Å². The summed E-state index contributed by atoms with van der Waals surface area (Å²) in [5, 5.41) is 0. The van der Waals surface area contributed by atoms with Gasteiger partial charge < -0.3 is 5.73 Å². The molecule has 0 atom stereocenters. The van der Waals surface area contributed by atoms with Crippen LogP contribution in [0.3, 0.4) is 0 Å². The van der Waals surface area contributed by atoms with Gasteiger partial charge >= 0.3 is 0 Å². The maximum atomic E-state index is 5.68. The molecule has 0 unspecified atom stereocenters. The fraction of sp³-hybridized carbons (Fsp3) is 0.600. The first-order chi connectivity index (χ1) is 5.34. The SMILES string of the molecule is NC1CC(=CC2=CCCC2)C1. The maximum absolute atomic E-state index is 5.68. The van der Waals surface area contributed by atoms with E-state index < -0.39 is 0 Å². The lowest BCUT2D eigenvalue weighted by Gasteiger charge is -2.25. The zero-order valence-electron chi connectivity index (χ0n) is 6.84. The van der Waals surface area contributed by atoms with Gasteiger partial charge in [0.15, 0.2) is 0 Å². The predicted octanol–water partition coefficient (Wildman–Crippen LogP) is 2.14. The second-order valence-corrected chi connectivity index (χ2v) is 3.64. The monoisotopic (exact) mass is 149 g/mol. The minimum atomic E-state index is 0.461. The molecule has 0 spiro atoms. The van der Waals surface area contributed by atoms with Gasteiger partial charge in [0, 0.05) is 6.04 Å². The Morgan fingerprint density at radius 1 is 1.45 bits per heavy atom. The third kappa shape index (κ3) is 1.54. The minimum Gasteiger partial charge on any atom is -0.327 e. The molecule has 1 saturated carbocycles. The lowest BCUT2D eigenvalue weighted by atomic mass is 9.86. The number of hydrogen-bond acceptors (Lipinski definition) is 1. The first kappa shape index (κ1) is 7.11. The van der Waals surface area contributed by atoms with Crippen molar-refractivity contribution >= 4 is 0 Å². The van der Waals surface area contributed by atoms with E-state index in [4.69, 9.17) is 5.73 Å². The van der Waals surface area contributed by atoms with Crippen LogP contribution < -0.4 is 5.73 Å². The summed E-state index contributed by atoms with van der Waals surface area (Å²) in [6.45, 7) is 0. The highest BCUT2D eigenvalue weighted by Crippen LogP contribution is 2.28. The fourth-order valence-corrected chi connectivity index (χ4v) is 1.82. The third-order valence-electron chi connectivity index (χ3n) is 2.51. The molecule has 2 aliphatic carbocycles. The fourth-order valence-electron chi connectivity index (χ4n) is 1.82. The summed E-state index contributed by atoms with van der Waals surface area (Å²) in [5.41, 5.74) is 8.79. The number of allylic oxidation sites excluding steroid dienone is 3. The highest BCUT2D eigenvalue weighted by atomic mass is 14.7. The molecular formula is C10H15N. The number of hydrogen-bond donors (Lipinski definition) is 1. The van der Waals surface area contributed by atoms with Crippen LogP contribution in [0.15, 0.2) is 23.3 Å². The van der Waals surface area contributed by atoms with E-state index in [2.05, 4.69) is 12.2 Å². The van der Waals surface area contributed by atoms with Gasteiger partial charge in [0.05, 0.1) is 0 Å². The smallest absolute Gasteiger partial charge is 0.0114 e. The van der Waals surface area contributed by atoms with Gasteiger partial charge in [-0.2, -0.15) is 0 Å². The van der Waals surface area contributed by atoms with Gasteiger partial charge in [0.25, 0.3) is 0 Å². The van der Waals surface area contributed by atoms with E-state index in [1.165, 1.54) is 19.3 Å². The van der Waals surface area contributed by atoms with Crippen molar-refractivity contribution in [2.24, 2.45) is 5.73 Å². The highest BCUT2D eigenvalue weighted by Gasteiger charge is 2.18. The normalized spacial score (nSPS) is 29.7. The minimum absolute atomic E-state index is 0.461. The van der Waals surface area contributed by atoms with E-state index in [1.54, 1.807) is 11.1 Å². The molecule has 0 amide bonds. The van der Waals surface area contributed by atoms with Crippen molar-refractivity contribution in [1.82, 2.24) is 0 Å². The molecule has 2 rings (SSSR count). The van der Waals surface area contributed by atoms with Crippen LogP contribution in [0.4, 0.5) is 0 Å². The van der Waals surface area contributed by atoms with Crippen LogP contribution in [0, 0.1) is 0 Å². The van der Waals surface area contributed by atoms with Crippen molar-refractivity contribution in [2.75, 3.05) is 0 Å². The van der Waals surface area contributed by atoms with E-state index in [-0.39, 0.29) is 0 Å². The van der Waals surface area contributed by atoms with E-state index in [1.807, 2.05) is 0 Å². The molecule has 1 nitrogen and oxygen atoms in total. The summed E-state index contributed by atoms with van der Waals surface area (Å²) in [6.07, 6.45) is 10.9. The van der Waals surface area contributed by atoms with E-state index >= 15 is 0 Å². The van der Waals surface area contributed by atoms with Crippen LogP contribution in [-0.4, -0.2) is 6.04 Å². The van der Waals surface area contributed by atoms with Crippen LogP contribution in [0.1, 0.15) is 32.1 Å². The molecule has 1 fully saturated rings. The molecule has 0 aromatic carbocycles. The Labute approximate surface area is 68.0 Å². The Kier molecular flexibility index (Phi) is 1.82. The standard InChI is InChI=1S/C10H15N/c11-10-6-9(7-10)5-8-3-1-2-4-8/h3,5,10H,1-2,4,6-7,11H2. The molecule has 1 heteroatoms. The first-order valence-corrected chi connectivity index (χ1v) is 4.48. The average Bonchev–Trinajstić information content (AvgIpc) is 2.36. The van der Waals surface area contributed by atoms with Gasteiger partial charge in [0.2, 0.25) is 0 Å². The largest absolute Gasteiger partial charge is 0.327 e. The van der Waals surface area contributed by atoms with Crippen molar-refractivity contribution in [3.8, 4) is 0 Å². The molecule has 60 valence electrons. The van der Waals surface area contributed by atoms with Crippen molar-refractivity contribution in [3.63, 3.8) is 0 Å². The Morgan fingerprint density at radius 2 is 2.27 bits per heavy atom. The quantitative estimate of drug-likeness (QED) is 0.607. The molecule has 0 heterocycles. The average molecular weight is 149 g/mol. The highest BCUT2D eigenvalue weighted by molar-refractivity contribution is 5.30. The van der Waals surface area contributed by atoms with Gasteiger partial charge in [-0.15, -0.1) is 0 Å². The molecular weight excluding hydrogens is 134 g/mol. The molecule has 0 aliphatic heterocycles. The van der Waals surface area contributed by atoms with Gasteiger partial charge in [-0.25, -0.2) is 0 Å². The van der Waals surface area contributed by atoms with Crippen molar-refractivity contribution in [1.29, 1.82) is 0 Å². The van der Waals surface area contributed by atoms with Crippen LogP contribution >= 0.6 is 0 Å². The number of rotatable bonds is 1. The Bertz CT molecular complexity index is 205. The van der Waals surface area contributed by atoms with Crippen molar-refractivity contribution in [2.45, 2.75) is 38.1 Å². The van der Waals surface area contributed by atoms with Crippen molar-refractivity contribution in [3.05, 3.63) is 23.3 Å². The number of nitrogens with two attached hydrogens (primary N) is 1. The Balaban J connectivity index is 1.93. The summed E-state index contributed by atoms with van der Waals surface area (Å²) in [4.78, 5) is 0. The summed E-state index contributed by atoms with van der Waals surface area (Å²) in [7, 11) is 0. The molecule has 0 aromatic rings. The Morgan fingerprint density at radius 3 is 2.82 bits per heavy atom. The second kappa shape index (κ2) is 2.82. The van der Waals surface area contributed by atoms with E-state index in [0.29, 0.717) is 6.04 Å². The van der Waals surface area contributed by atoms with Gasteiger partial charge in [-0.1, -0.05) is 23.3 Å². The van der Waals surface area contributed by atoms with E-state index in [0.717, 1.165) is 12.8 Å². The summed E-state index contributed by atoms with van der Waals surface area (Å²) in [5.74, 6) is 0. The summed E-state index contributed by atoms with van der Waals surface area (Å²) in [6, 6.07) is 0.461. The lowest BCUT2D eigenvalue weighted by Crippen LogP contribution is -2.30. The summed E-state index contributed by atoms with van der Waals surface area (Å²) >= 11 is 0. The van der Waals surface area contributed by atoms with Crippen LogP contribution in [-0.2, 0) is 0 Å². The molecule has 0 aromatic heterocycles. The molecule has 0 bridgehead atoms. The molecule has 0 radical (unpaired) electrons. The molecule has 2 N–H and O–H groups in total. The zero-order chi connectivity index (χ0) is 7.68. The first-order valence-electron chi connectivity index (χ1n) is 4.48. The molecule has 11 heavy (non-hydrogen) atoms. The van der Waals surface area contributed by atoms with E-state index in [9.17, 15) is 0 Å². The topological polar surface area (TPSA) is 26.0 Å². The zero-order valence-corrected chi connectivity index (χ0v) is 6.84. The van der Waals surface area contributed by atoms with Crippen LogP contribution in [0.25, 0.3) is 0 Å². The summed E-state index contributed by atoms with van der Waals surface area (Å²) < 4.78 is 0. The van der Waals surface area contributed by atoms with Crippen molar-refractivity contribution < 1.29 is 0 Å². The third-order valence-corrected chi connectivity index (χ3v) is 2.51. The van der Waals surface area contributed by atoms with Gasteiger partial charge in [0.1, 0.15) is 0 Å². The lowest BCUT2D eigenvalue weighted by molar-refractivity contribution is 0.541. The second-order valence-electron chi connectivity index (χ2n) is 3.64. The molecule has 2 aliphatic rings. The predicted molar refractivity (Wildman–Crippen MR) is 47.2 cm³/mol. The van der Waals surface area contributed by atoms with Crippen LogP contribution in [0.5, 0.6) is 0 Å². The Hall–Kier alpha value is -0.560. The molecule has 0 saturated heterocycles. The van der Waals surface area contributed by atoms with Gasteiger partial charge in [-0.05, 0) is 32.1 Å². The maximum Gasteiger partial charge on any atom is 0.0114 e.